The molecule has 0 saturated heterocycles. The van der Waals surface area contributed by atoms with Gasteiger partial charge in [0.15, 0.2) is 0 Å². The van der Waals surface area contributed by atoms with E-state index in [4.69, 9.17) is 0 Å². The number of aliphatic hydroxyl groups excluding tert-OH is 1. The monoisotopic (exact) mass is 281 g/mol. The van der Waals surface area contributed by atoms with Gasteiger partial charge in [-0.05, 0) is 32.9 Å². The van der Waals surface area contributed by atoms with E-state index >= 15 is 0 Å². The lowest BCUT2D eigenvalue weighted by Crippen LogP contribution is -1.98. The van der Waals surface area contributed by atoms with E-state index in [2.05, 4.69) is 46.5 Å². The Morgan fingerprint density at radius 2 is 1.94 bits per heavy atom. The van der Waals surface area contributed by atoms with Gasteiger partial charge >= 0.3 is 0 Å². The first kappa shape index (κ1) is 11.7. The van der Waals surface area contributed by atoms with Gasteiger partial charge in [0, 0.05) is 33.2 Å². The van der Waals surface area contributed by atoms with Crippen LogP contribution in [-0.2, 0) is 0 Å². The number of hydrogen-bond acceptors (Lipinski definition) is 1. The zero-order valence-corrected chi connectivity index (χ0v) is 11.3. The largest absolute Gasteiger partial charge is 0.389 e. The average molecular weight is 282 g/mol. The smallest absolute Gasteiger partial charge is 0.0782 e. The van der Waals surface area contributed by atoms with Gasteiger partial charge in [-0.25, -0.2) is 0 Å². The number of fused-ring (bicyclic) bond motifs is 1. The Morgan fingerprint density at radius 3 is 2.50 bits per heavy atom. The zero-order chi connectivity index (χ0) is 11.9. The second kappa shape index (κ2) is 4.22. The first-order chi connectivity index (χ1) is 7.50. The molecule has 0 aliphatic carbocycles. The van der Waals surface area contributed by atoms with Gasteiger partial charge in [-0.15, -0.1) is 0 Å². The SMILES string of the molecule is CC(O)c1cn(C(C)C)c2cc(Br)ccc12. The summed E-state index contributed by atoms with van der Waals surface area (Å²) in [4.78, 5) is 0. The molecule has 86 valence electrons. The van der Waals surface area contributed by atoms with Gasteiger partial charge in [-0.3, -0.25) is 0 Å². The number of rotatable bonds is 2. The number of aliphatic hydroxyl groups is 1. The molecule has 0 fully saturated rings. The van der Waals surface area contributed by atoms with Crippen LogP contribution in [0.2, 0.25) is 0 Å². The molecule has 1 atom stereocenters. The molecule has 1 unspecified atom stereocenters. The van der Waals surface area contributed by atoms with E-state index in [0.29, 0.717) is 6.04 Å². The second-order valence-corrected chi connectivity index (χ2v) is 5.34. The number of hydrogen-bond donors (Lipinski definition) is 1. The third kappa shape index (κ3) is 1.89. The van der Waals surface area contributed by atoms with Gasteiger partial charge in [0.2, 0.25) is 0 Å². The summed E-state index contributed by atoms with van der Waals surface area (Å²) < 4.78 is 3.26. The van der Waals surface area contributed by atoms with Gasteiger partial charge in [0.05, 0.1) is 6.10 Å². The van der Waals surface area contributed by atoms with Crippen molar-refractivity contribution in [2.45, 2.75) is 32.9 Å². The summed E-state index contributed by atoms with van der Waals surface area (Å²) in [7, 11) is 0. The lowest BCUT2D eigenvalue weighted by molar-refractivity contribution is 0.200. The van der Waals surface area contributed by atoms with E-state index in [1.165, 1.54) is 5.52 Å². The molecule has 1 aromatic heterocycles. The van der Waals surface area contributed by atoms with E-state index in [1.54, 1.807) is 0 Å². The van der Waals surface area contributed by atoms with Crippen molar-refractivity contribution in [1.29, 1.82) is 0 Å². The number of halogens is 1. The number of nitrogens with zero attached hydrogens (tertiary/aromatic N) is 1. The second-order valence-electron chi connectivity index (χ2n) is 4.42. The fourth-order valence-electron chi connectivity index (χ4n) is 2.01. The molecule has 0 spiro atoms. The third-order valence-electron chi connectivity index (χ3n) is 2.83. The third-order valence-corrected chi connectivity index (χ3v) is 3.33. The molecule has 2 rings (SSSR count). The van der Waals surface area contributed by atoms with Gasteiger partial charge in [-0.1, -0.05) is 22.0 Å². The molecule has 2 nitrogen and oxygen atoms in total. The van der Waals surface area contributed by atoms with Crippen LogP contribution in [0.15, 0.2) is 28.9 Å². The standard InChI is InChI=1S/C13H16BrNO/c1-8(2)15-7-12(9(3)16)11-5-4-10(14)6-13(11)15/h4-9,16H,1-3H3. The summed E-state index contributed by atoms with van der Waals surface area (Å²) in [6.45, 7) is 6.10. The maximum Gasteiger partial charge on any atom is 0.0782 e. The Kier molecular flexibility index (Phi) is 3.08. The van der Waals surface area contributed by atoms with Crippen molar-refractivity contribution in [3.63, 3.8) is 0 Å². The zero-order valence-electron chi connectivity index (χ0n) is 9.74. The van der Waals surface area contributed by atoms with Gasteiger partial charge in [0.1, 0.15) is 0 Å². The van der Waals surface area contributed by atoms with Crippen LogP contribution >= 0.6 is 15.9 Å². The van der Waals surface area contributed by atoms with Gasteiger partial charge < -0.3 is 9.67 Å². The molecule has 0 saturated carbocycles. The first-order valence-corrected chi connectivity index (χ1v) is 6.28. The van der Waals surface area contributed by atoms with Crippen molar-refractivity contribution >= 4 is 26.8 Å². The van der Waals surface area contributed by atoms with E-state index < -0.39 is 6.10 Å². The summed E-state index contributed by atoms with van der Waals surface area (Å²) in [6, 6.07) is 6.56. The molecule has 0 bridgehead atoms. The van der Waals surface area contributed by atoms with Crippen molar-refractivity contribution in [1.82, 2.24) is 4.57 Å². The minimum absolute atomic E-state index is 0.393. The lowest BCUT2D eigenvalue weighted by Gasteiger charge is -2.08. The summed E-state index contributed by atoms with van der Waals surface area (Å²) in [6.07, 6.45) is 1.62. The molecular weight excluding hydrogens is 266 g/mol. The lowest BCUT2D eigenvalue weighted by atomic mass is 10.1. The molecule has 1 heterocycles. The minimum Gasteiger partial charge on any atom is -0.389 e. The fourth-order valence-corrected chi connectivity index (χ4v) is 2.36. The predicted octanol–water partition coefficient (Wildman–Crippen LogP) is 4.04. The normalized spacial score (nSPS) is 13.6. The highest BCUT2D eigenvalue weighted by molar-refractivity contribution is 9.10. The van der Waals surface area contributed by atoms with Crippen LogP contribution in [0.1, 0.15) is 38.5 Å². The van der Waals surface area contributed by atoms with Crippen LogP contribution in [0, 0.1) is 0 Å². The molecule has 2 aromatic rings. The molecule has 16 heavy (non-hydrogen) atoms. The molecule has 0 aliphatic rings. The Labute approximate surface area is 104 Å². The van der Waals surface area contributed by atoms with E-state index in [-0.39, 0.29) is 0 Å². The number of aromatic nitrogens is 1. The van der Waals surface area contributed by atoms with Crippen LogP contribution in [0.3, 0.4) is 0 Å². The van der Waals surface area contributed by atoms with Crippen LogP contribution in [0.25, 0.3) is 10.9 Å². The van der Waals surface area contributed by atoms with E-state index in [0.717, 1.165) is 15.4 Å². The molecule has 3 heteroatoms. The fraction of sp³-hybridized carbons (Fsp3) is 0.385. The Hall–Kier alpha value is -0.800. The molecular formula is C13H16BrNO. The Bertz CT molecular complexity index is 514. The molecule has 0 amide bonds. The van der Waals surface area contributed by atoms with Crippen molar-refractivity contribution in [2.24, 2.45) is 0 Å². The molecule has 1 N–H and O–H groups in total. The summed E-state index contributed by atoms with van der Waals surface area (Å²) >= 11 is 3.49. The van der Waals surface area contributed by atoms with Crippen molar-refractivity contribution in [3.05, 3.63) is 34.4 Å². The first-order valence-electron chi connectivity index (χ1n) is 5.48. The summed E-state index contributed by atoms with van der Waals surface area (Å²) in [5.74, 6) is 0. The molecule has 0 radical (unpaired) electrons. The molecule has 1 aromatic carbocycles. The highest BCUT2D eigenvalue weighted by Crippen LogP contribution is 2.30. The highest BCUT2D eigenvalue weighted by Gasteiger charge is 2.13. The van der Waals surface area contributed by atoms with Crippen molar-refractivity contribution in [2.75, 3.05) is 0 Å². The Balaban J connectivity index is 2.76. The summed E-state index contributed by atoms with van der Waals surface area (Å²) in [5.41, 5.74) is 2.16. The maximum absolute atomic E-state index is 9.76. The van der Waals surface area contributed by atoms with Gasteiger partial charge in [-0.2, -0.15) is 0 Å². The van der Waals surface area contributed by atoms with E-state index in [1.807, 2.05) is 19.2 Å². The van der Waals surface area contributed by atoms with Crippen LogP contribution < -0.4 is 0 Å². The van der Waals surface area contributed by atoms with Crippen LogP contribution in [0.5, 0.6) is 0 Å². The van der Waals surface area contributed by atoms with Gasteiger partial charge in [0.25, 0.3) is 0 Å². The molecule has 0 aliphatic heterocycles. The van der Waals surface area contributed by atoms with Crippen molar-refractivity contribution < 1.29 is 5.11 Å². The highest BCUT2D eigenvalue weighted by atomic mass is 79.9. The van der Waals surface area contributed by atoms with E-state index in [9.17, 15) is 5.11 Å². The average Bonchev–Trinajstić information content (AvgIpc) is 2.56. The van der Waals surface area contributed by atoms with Crippen LogP contribution in [0.4, 0.5) is 0 Å². The topological polar surface area (TPSA) is 25.2 Å². The van der Waals surface area contributed by atoms with Crippen molar-refractivity contribution in [3.8, 4) is 0 Å². The maximum atomic E-state index is 9.76. The summed E-state index contributed by atoms with van der Waals surface area (Å²) in [5, 5.41) is 10.9. The minimum atomic E-state index is -0.427. The Morgan fingerprint density at radius 1 is 1.25 bits per heavy atom. The predicted molar refractivity (Wildman–Crippen MR) is 70.7 cm³/mol. The number of benzene rings is 1. The quantitative estimate of drug-likeness (QED) is 0.883. The van der Waals surface area contributed by atoms with Crippen LogP contribution in [-0.4, -0.2) is 9.67 Å².